The summed E-state index contributed by atoms with van der Waals surface area (Å²) in [5.41, 5.74) is 2.28. The van der Waals surface area contributed by atoms with Gasteiger partial charge in [0.05, 0.1) is 25.0 Å². The fraction of sp³-hybridized carbons (Fsp3) is 0.226. The number of pyridine rings is 1. The maximum Gasteiger partial charge on any atom is 0.347 e. The number of aromatic nitrogens is 2. The highest BCUT2D eigenvalue weighted by molar-refractivity contribution is 6.10. The minimum absolute atomic E-state index is 0.0590. The molecule has 4 aromatic rings. The molecule has 0 spiro atoms. The molecule has 0 bridgehead atoms. The molecule has 0 radical (unpaired) electrons. The van der Waals surface area contributed by atoms with E-state index >= 15 is 0 Å². The molecule has 2 aromatic heterocycles. The van der Waals surface area contributed by atoms with Gasteiger partial charge in [-0.15, -0.1) is 0 Å². The van der Waals surface area contributed by atoms with Gasteiger partial charge in [0.25, 0.3) is 0 Å². The number of ketones is 1. The molecule has 2 aromatic carbocycles. The molecule has 1 atom stereocenters. The van der Waals surface area contributed by atoms with Crippen LogP contribution in [0.1, 0.15) is 34.3 Å². The summed E-state index contributed by atoms with van der Waals surface area (Å²) in [4.78, 5) is 34.3. The van der Waals surface area contributed by atoms with Crippen LogP contribution in [0, 0.1) is 6.92 Å². The number of nitrogens with zero attached hydrogens (tertiary/aromatic N) is 2. The molecule has 9 heteroatoms. The van der Waals surface area contributed by atoms with E-state index in [2.05, 4.69) is 16.5 Å². The summed E-state index contributed by atoms with van der Waals surface area (Å²) >= 11 is 0. The Labute approximate surface area is 232 Å². The van der Waals surface area contributed by atoms with E-state index in [9.17, 15) is 9.59 Å². The highest BCUT2D eigenvalue weighted by atomic mass is 16.6. The molecule has 206 valence electrons. The van der Waals surface area contributed by atoms with Crippen LogP contribution in [-0.4, -0.2) is 48.1 Å². The van der Waals surface area contributed by atoms with E-state index in [1.807, 2.05) is 37.3 Å². The van der Waals surface area contributed by atoms with Crippen LogP contribution in [-0.2, 0) is 16.0 Å². The number of methoxy groups -OCH3 is 1. The Morgan fingerprint density at radius 2 is 1.90 bits per heavy atom. The summed E-state index contributed by atoms with van der Waals surface area (Å²) in [5.74, 6) is 1.40. The first-order valence-electron chi connectivity index (χ1n) is 12.7. The second-order valence-electron chi connectivity index (χ2n) is 8.74. The molecule has 0 saturated heterocycles. The standard InChI is InChI=1S/C31H30N2O7/c1-5-16-38-31(35)21(3)39-27-18-24(36-4)12-13-25(27)29(34)23-11-14-28(32-19-23)37-17-15-26-20(2)40-30(33-26)22-9-7-6-8-10-22/h5-14,18-19,21H,1,15-17H2,2-4H3/t21-/m1/s1. The van der Waals surface area contributed by atoms with Crippen LogP contribution in [0.5, 0.6) is 17.4 Å². The van der Waals surface area contributed by atoms with Crippen LogP contribution < -0.4 is 14.2 Å². The highest BCUT2D eigenvalue weighted by Crippen LogP contribution is 2.28. The summed E-state index contributed by atoms with van der Waals surface area (Å²) in [5, 5.41) is 0. The molecule has 2 heterocycles. The second-order valence-corrected chi connectivity index (χ2v) is 8.74. The predicted molar refractivity (Wildman–Crippen MR) is 148 cm³/mol. The monoisotopic (exact) mass is 542 g/mol. The lowest BCUT2D eigenvalue weighted by atomic mass is 10.0. The van der Waals surface area contributed by atoms with Crippen LogP contribution >= 0.6 is 0 Å². The molecule has 0 amide bonds. The molecule has 0 fully saturated rings. The van der Waals surface area contributed by atoms with Gasteiger partial charge in [-0.2, -0.15) is 0 Å². The van der Waals surface area contributed by atoms with Gasteiger partial charge in [-0.1, -0.05) is 30.9 Å². The maximum absolute atomic E-state index is 13.3. The molecule has 0 unspecified atom stereocenters. The van der Waals surface area contributed by atoms with Gasteiger partial charge in [0.1, 0.15) is 23.9 Å². The summed E-state index contributed by atoms with van der Waals surface area (Å²) in [6.07, 6.45) is 2.47. The minimum atomic E-state index is -0.954. The fourth-order valence-corrected chi connectivity index (χ4v) is 3.78. The number of carbonyl (C=O) groups excluding carboxylic acids is 2. The fourth-order valence-electron chi connectivity index (χ4n) is 3.78. The van der Waals surface area contributed by atoms with Gasteiger partial charge >= 0.3 is 5.97 Å². The van der Waals surface area contributed by atoms with Gasteiger partial charge in [0, 0.05) is 35.9 Å². The summed E-state index contributed by atoms with van der Waals surface area (Å²) in [6.45, 7) is 7.32. The number of hydrogen-bond donors (Lipinski definition) is 0. The van der Waals surface area contributed by atoms with E-state index in [1.54, 1.807) is 30.3 Å². The number of carbonyl (C=O) groups is 2. The van der Waals surface area contributed by atoms with Crippen LogP contribution in [0.25, 0.3) is 11.5 Å². The van der Waals surface area contributed by atoms with Crippen molar-refractivity contribution in [3.05, 3.63) is 102 Å². The third-order valence-corrected chi connectivity index (χ3v) is 5.91. The van der Waals surface area contributed by atoms with Crippen molar-refractivity contribution in [1.29, 1.82) is 0 Å². The van der Waals surface area contributed by atoms with E-state index in [-0.39, 0.29) is 23.7 Å². The summed E-state index contributed by atoms with van der Waals surface area (Å²) in [6, 6.07) is 17.7. The highest BCUT2D eigenvalue weighted by Gasteiger charge is 2.22. The van der Waals surface area contributed by atoms with Gasteiger partial charge in [-0.25, -0.2) is 14.8 Å². The maximum atomic E-state index is 13.3. The Bertz CT molecular complexity index is 1460. The molecular weight excluding hydrogens is 512 g/mol. The van der Waals surface area contributed by atoms with Crippen molar-refractivity contribution in [2.24, 2.45) is 0 Å². The van der Waals surface area contributed by atoms with Crippen LogP contribution in [0.4, 0.5) is 0 Å². The Morgan fingerprint density at radius 3 is 2.60 bits per heavy atom. The largest absolute Gasteiger partial charge is 0.497 e. The third kappa shape index (κ3) is 6.93. The van der Waals surface area contributed by atoms with Crippen molar-refractivity contribution < 1.29 is 33.0 Å². The number of oxazole rings is 1. The van der Waals surface area contributed by atoms with E-state index in [1.165, 1.54) is 26.3 Å². The average molecular weight is 543 g/mol. The molecule has 0 aliphatic carbocycles. The zero-order chi connectivity index (χ0) is 28.5. The number of esters is 1. The van der Waals surface area contributed by atoms with Crippen molar-refractivity contribution in [2.45, 2.75) is 26.4 Å². The zero-order valence-corrected chi connectivity index (χ0v) is 22.6. The normalized spacial score (nSPS) is 11.4. The minimum Gasteiger partial charge on any atom is -0.497 e. The first-order valence-corrected chi connectivity index (χ1v) is 12.7. The molecule has 0 aliphatic rings. The lowest BCUT2D eigenvalue weighted by Crippen LogP contribution is -2.27. The topological polar surface area (TPSA) is 110 Å². The lowest BCUT2D eigenvalue weighted by molar-refractivity contribution is -0.149. The summed E-state index contributed by atoms with van der Waals surface area (Å²) < 4.78 is 27.7. The summed E-state index contributed by atoms with van der Waals surface area (Å²) in [7, 11) is 1.50. The van der Waals surface area contributed by atoms with Gasteiger partial charge < -0.3 is 23.4 Å². The van der Waals surface area contributed by atoms with Crippen LogP contribution in [0.2, 0.25) is 0 Å². The third-order valence-electron chi connectivity index (χ3n) is 5.91. The Hall–Kier alpha value is -4.92. The molecule has 40 heavy (non-hydrogen) atoms. The van der Waals surface area contributed by atoms with Gasteiger partial charge in [-0.3, -0.25) is 4.79 Å². The lowest BCUT2D eigenvalue weighted by Gasteiger charge is -2.17. The number of ether oxygens (including phenoxy) is 4. The number of rotatable bonds is 13. The van der Waals surface area contributed by atoms with Crippen LogP contribution in [0.15, 0.2) is 83.9 Å². The molecular formula is C31H30N2O7. The SMILES string of the molecule is C=CCOC(=O)[C@@H](C)Oc1cc(OC)ccc1C(=O)c1ccc(OCCc2nc(-c3ccccc3)oc2C)nc1. The van der Waals surface area contributed by atoms with Crippen molar-refractivity contribution in [3.63, 3.8) is 0 Å². The zero-order valence-electron chi connectivity index (χ0n) is 22.6. The van der Waals surface area contributed by atoms with E-state index in [0.717, 1.165) is 17.0 Å². The molecule has 9 nitrogen and oxygen atoms in total. The quantitative estimate of drug-likeness (QED) is 0.125. The molecule has 0 aliphatic heterocycles. The van der Waals surface area contributed by atoms with Crippen molar-refractivity contribution >= 4 is 11.8 Å². The van der Waals surface area contributed by atoms with Gasteiger partial charge in [-0.05, 0) is 44.2 Å². The first kappa shape index (κ1) is 28.1. The number of benzene rings is 2. The number of hydrogen-bond acceptors (Lipinski definition) is 9. The Morgan fingerprint density at radius 1 is 1.10 bits per heavy atom. The smallest absolute Gasteiger partial charge is 0.347 e. The average Bonchev–Trinajstić information content (AvgIpc) is 3.36. The molecule has 0 N–H and O–H groups in total. The molecule has 4 rings (SSSR count). The number of aryl methyl sites for hydroxylation is 1. The van der Waals surface area contributed by atoms with E-state index < -0.39 is 12.1 Å². The van der Waals surface area contributed by atoms with E-state index in [0.29, 0.717) is 36.1 Å². The Kier molecular flexibility index (Phi) is 9.30. The van der Waals surface area contributed by atoms with Gasteiger partial charge in [0.2, 0.25) is 11.8 Å². The van der Waals surface area contributed by atoms with E-state index in [4.69, 9.17) is 23.4 Å². The van der Waals surface area contributed by atoms with Crippen molar-refractivity contribution in [3.8, 4) is 28.8 Å². The van der Waals surface area contributed by atoms with Crippen LogP contribution in [0.3, 0.4) is 0 Å². The van der Waals surface area contributed by atoms with Gasteiger partial charge in [0.15, 0.2) is 11.9 Å². The Balaban J connectivity index is 1.40. The predicted octanol–water partition coefficient (Wildman–Crippen LogP) is 5.40. The second kappa shape index (κ2) is 13.2. The first-order chi connectivity index (χ1) is 19.4. The molecule has 0 saturated carbocycles. The van der Waals surface area contributed by atoms with Crippen molar-refractivity contribution in [1.82, 2.24) is 9.97 Å². The van der Waals surface area contributed by atoms with Crippen molar-refractivity contribution in [2.75, 3.05) is 20.3 Å².